The maximum absolute atomic E-state index is 12.9. The fourth-order valence-corrected chi connectivity index (χ4v) is 5.28. The van der Waals surface area contributed by atoms with Gasteiger partial charge in [-0.3, -0.25) is 15.1 Å². The van der Waals surface area contributed by atoms with Crippen LogP contribution in [0.1, 0.15) is 34.6 Å². The van der Waals surface area contributed by atoms with Gasteiger partial charge in [0.2, 0.25) is 0 Å². The van der Waals surface area contributed by atoms with Crippen LogP contribution in [-0.2, 0) is 20.7 Å². The van der Waals surface area contributed by atoms with Gasteiger partial charge in [-0.25, -0.2) is 14.4 Å². The van der Waals surface area contributed by atoms with Crippen molar-refractivity contribution in [2.45, 2.75) is 30.8 Å². The highest BCUT2D eigenvalue weighted by Crippen LogP contribution is 2.44. The molecule has 0 radical (unpaired) electrons. The maximum Gasteiger partial charge on any atom is 0.407 e. The summed E-state index contributed by atoms with van der Waals surface area (Å²) >= 11 is 0. The average Bonchev–Trinajstić information content (AvgIpc) is 3.42. The van der Waals surface area contributed by atoms with Gasteiger partial charge >= 0.3 is 18.1 Å². The molecule has 210 valence electrons. The molecule has 1 aliphatic carbocycles. The van der Waals surface area contributed by atoms with Crippen LogP contribution in [0.2, 0.25) is 0 Å². The van der Waals surface area contributed by atoms with Crippen LogP contribution in [0.15, 0.2) is 72.8 Å². The zero-order chi connectivity index (χ0) is 29.1. The molecule has 2 unspecified atom stereocenters. The van der Waals surface area contributed by atoms with E-state index in [2.05, 4.69) is 10.6 Å². The molecule has 2 atom stereocenters. The Morgan fingerprint density at radius 2 is 1.61 bits per heavy atom. The molecule has 3 aromatic rings. The quantitative estimate of drug-likeness (QED) is 0.145. The smallest absolute Gasteiger partial charge is 0.407 e. The highest BCUT2D eigenvalue weighted by Gasteiger charge is 2.38. The third-order valence-corrected chi connectivity index (χ3v) is 7.39. The number of carboxylic acid groups (broad SMARTS) is 1. The zero-order valence-electron chi connectivity index (χ0n) is 22.0. The molecule has 41 heavy (non-hydrogen) atoms. The van der Waals surface area contributed by atoms with Gasteiger partial charge in [0.25, 0.3) is 5.91 Å². The molecule has 2 aliphatic rings. The van der Waals surface area contributed by atoms with Crippen molar-refractivity contribution in [2.75, 3.05) is 13.2 Å². The van der Waals surface area contributed by atoms with Crippen molar-refractivity contribution >= 4 is 29.8 Å². The number of nitrogens with zero attached hydrogens (tertiary/aromatic N) is 1. The summed E-state index contributed by atoms with van der Waals surface area (Å²) in [5.74, 6) is -2.06. The lowest BCUT2D eigenvalue weighted by Gasteiger charge is -2.19. The van der Waals surface area contributed by atoms with E-state index < -0.39 is 36.1 Å². The zero-order valence-corrected chi connectivity index (χ0v) is 22.0. The van der Waals surface area contributed by atoms with Crippen LogP contribution >= 0.6 is 0 Å². The second-order valence-corrected chi connectivity index (χ2v) is 9.96. The number of imide groups is 1. The number of rotatable bonds is 10. The number of hydrogen-bond acceptors (Lipinski definition) is 6. The molecule has 0 saturated carbocycles. The molecular weight excluding hydrogens is 526 g/mol. The van der Waals surface area contributed by atoms with Crippen molar-refractivity contribution in [3.63, 3.8) is 0 Å². The molecule has 1 aliphatic heterocycles. The lowest BCUT2D eigenvalue weighted by atomic mass is 9.98. The molecule has 5 rings (SSSR count). The van der Waals surface area contributed by atoms with Gasteiger partial charge in [0.1, 0.15) is 24.5 Å². The van der Waals surface area contributed by atoms with E-state index in [9.17, 15) is 24.3 Å². The number of amidine groups is 1. The second kappa shape index (κ2) is 11.5. The van der Waals surface area contributed by atoms with E-state index in [1.54, 1.807) is 24.3 Å². The van der Waals surface area contributed by atoms with Gasteiger partial charge in [-0.15, -0.1) is 0 Å². The number of amides is 4. The molecule has 1 heterocycles. The minimum Gasteiger partial charge on any atom is -0.480 e. The third kappa shape index (κ3) is 5.74. The Morgan fingerprint density at radius 1 is 1.00 bits per heavy atom. The summed E-state index contributed by atoms with van der Waals surface area (Å²) in [6.07, 6.45) is -0.874. The number of carbonyl (C=O) groups is 4. The molecule has 6 N–H and O–H groups in total. The predicted molar refractivity (Wildman–Crippen MR) is 149 cm³/mol. The number of nitrogens with two attached hydrogens (primary N) is 1. The summed E-state index contributed by atoms with van der Waals surface area (Å²) in [7, 11) is 0. The minimum atomic E-state index is -1.37. The van der Waals surface area contributed by atoms with E-state index in [1.807, 2.05) is 48.5 Å². The number of urea groups is 1. The lowest BCUT2D eigenvalue weighted by molar-refractivity contribution is -0.140. The van der Waals surface area contributed by atoms with E-state index >= 15 is 0 Å². The standard InChI is InChI=1S/C30H29N5O6/c31-26(32)18-11-9-17(10-12-18)15-25-27(36)35(29(39)33-25)14-13-24(28(37)38)34-30(40)41-16-23-21-7-3-1-5-19(21)20-6-2-4-8-22(20)23/h1-12,23-25H,13-16H2,(H3,31,32)(H,33,39)(H,34,40)(H,37,38). The Kier molecular flexibility index (Phi) is 7.68. The van der Waals surface area contributed by atoms with Crippen molar-refractivity contribution in [1.29, 1.82) is 5.41 Å². The van der Waals surface area contributed by atoms with Crippen molar-refractivity contribution in [2.24, 2.45) is 5.73 Å². The topological polar surface area (TPSA) is 175 Å². The molecule has 0 bridgehead atoms. The summed E-state index contributed by atoms with van der Waals surface area (Å²) in [5, 5.41) is 22.1. The highest BCUT2D eigenvalue weighted by atomic mass is 16.5. The first kappa shape index (κ1) is 27.4. The van der Waals surface area contributed by atoms with Gasteiger partial charge in [0.15, 0.2) is 0 Å². The van der Waals surface area contributed by atoms with Crippen molar-refractivity contribution < 1.29 is 29.0 Å². The maximum atomic E-state index is 12.9. The number of aliphatic carboxylic acids is 1. The molecule has 0 aromatic heterocycles. The largest absolute Gasteiger partial charge is 0.480 e. The first-order chi connectivity index (χ1) is 19.7. The average molecular weight is 556 g/mol. The lowest BCUT2D eigenvalue weighted by Crippen LogP contribution is -2.44. The summed E-state index contributed by atoms with van der Waals surface area (Å²) in [6.45, 7) is -0.181. The summed E-state index contributed by atoms with van der Waals surface area (Å²) in [5.41, 5.74) is 11.0. The fourth-order valence-electron chi connectivity index (χ4n) is 5.28. The number of hydrogen-bond donors (Lipinski definition) is 5. The van der Waals surface area contributed by atoms with E-state index in [0.29, 0.717) is 5.56 Å². The SMILES string of the molecule is N=C(N)c1ccc(CC2NC(=O)N(CCC(NC(=O)OCC3c4ccccc4-c4ccccc43)C(=O)O)C2=O)cc1. The van der Waals surface area contributed by atoms with Crippen molar-refractivity contribution in [3.8, 4) is 11.1 Å². The van der Waals surface area contributed by atoms with Gasteiger partial charge in [-0.05, 0) is 34.2 Å². The molecule has 3 aromatic carbocycles. The van der Waals surface area contributed by atoms with Gasteiger partial charge in [0, 0.05) is 24.4 Å². The second-order valence-electron chi connectivity index (χ2n) is 9.96. The number of ether oxygens (including phenoxy) is 1. The Balaban J connectivity index is 1.15. The van der Waals surface area contributed by atoms with Crippen LogP contribution in [0.25, 0.3) is 11.1 Å². The molecular formula is C30H29N5O6. The van der Waals surface area contributed by atoms with Crippen LogP contribution in [0.4, 0.5) is 9.59 Å². The molecule has 1 fully saturated rings. The number of benzene rings is 3. The van der Waals surface area contributed by atoms with Gasteiger partial charge < -0.3 is 26.2 Å². The van der Waals surface area contributed by atoms with Gasteiger partial charge in [-0.2, -0.15) is 0 Å². The van der Waals surface area contributed by atoms with Crippen LogP contribution in [-0.4, -0.2) is 65.1 Å². The molecule has 1 saturated heterocycles. The van der Waals surface area contributed by atoms with Crippen LogP contribution in [0.3, 0.4) is 0 Å². The molecule has 11 heteroatoms. The number of fused-ring (bicyclic) bond motifs is 3. The van der Waals surface area contributed by atoms with Gasteiger partial charge in [-0.1, -0.05) is 72.8 Å². The molecule has 4 amide bonds. The number of nitrogen functional groups attached to an aromatic ring is 1. The monoisotopic (exact) mass is 555 g/mol. The van der Waals surface area contributed by atoms with E-state index in [-0.39, 0.29) is 37.7 Å². The third-order valence-electron chi connectivity index (χ3n) is 7.39. The Bertz CT molecular complexity index is 1480. The molecule has 11 nitrogen and oxygen atoms in total. The van der Waals surface area contributed by atoms with Crippen molar-refractivity contribution in [1.82, 2.24) is 15.5 Å². The summed E-state index contributed by atoms with van der Waals surface area (Å²) in [6, 6.07) is 19.7. The summed E-state index contributed by atoms with van der Waals surface area (Å²) in [4.78, 5) is 50.8. The fraction of sp³-hybridized carbons (Fsp3) is 0.233. The Hall–Kier alpha value is -5.19. The number of carboxylic acids is 1. The number of alkyl carbamates (subject to hydrolysis) is 1. The van der Waals surface area contributed by atoms with E-state index in [1.165, 1.54) is 0 Å². The molecule has 0 spiro atoms. The first-order valence-corrected chi connectivity index (χ1v) is 13.1. The van der Waals surface area contributed by atoms with E-state index in [4.69, 9.17) is 15.9 Å². The Morgan fingerprint density at radius 3 is 2.20 bits per heavy atom. The number of nitrogens with one attached hydrogen (secondary N) is 3. The minimum absolute atomic E-state index is 0.0221. The van der Waals surface area contributed by atoms with E-state index in [0.717, 1.165) is 32.7 Å². The van der Waals surface area contributed by atoms with Crippen LogP contribution in [0, 0.1) is 5.41 Å². The van der Waals surface area contributed by atoms with Crippen molar-refractivity contribution in [3.05, 3.63) is 95.1 Å². The van der Waals surface area contributed by atoms with Gasteiger partial charge in [0.05, 0.1) is 0 Å². The van der Waals surface area contributed by atoms with Crippen LogP contribution in [0.5, 0.6) is 0 Å². The Labute approximate surface area is 235 Å². The summed E-state index contributed by atoms with van der Waals surface area (Å²) < 4.78 is 5.45. The highest BCUT2D eigenvalue weighted by molar-refractivity contribution is 6.04. The number of carbonyl (C=O) groups excluding carboxylic acids is 3. The van der Waals surface area contributed by atoms with Crippen LogP contribution < -0.4 is 16.4 Å². The predicted octanol–water partition coefficient (Wildman–Crippen LogP) is 2.82. The first-order valence-electron chi connectivity index (χ1n) is 13.1. The normalized spacial score (nSPS) is 16.5.